The zero-order valence-corrected chi connectivity index (χ0v) is 14.7. The van der Waals surface area contributed by atoms with E-state index in [-0.39, 0.29) is 67.5 Å². The third kappa shape index (κ3) is 3.68. The number of carbonyl (C=O) groups excluding carboxylic acids is 1. The molecular formula is C16H20N6O5. The van der Waals surface area contributed by atoms with E-state index in [1.54, 1.807) is 12.1 Å². The average Bonchev–Trinajstić information content (AvgIpc) is 3.27. The number of Topliss-reactive ketones (excluding diaryl/α,β-unsaturated/α-hetero) is 1. The highest BCUT2D eigenvalue weighted by atomic mass is 16.5. The molecule has 11 heteroatoms. The van der Waals surface area contributed by atoms with Gasteiger partial charge in [0.15, 0.2) is 17.2 Å². The number of aliphatic hydroxyl groups excluding tert-OH is 1. The molecule has 3 aromatic heterocycles. The van der Waals surface area contributed by atoms with E-state index < -0.39 is 0 Å². The van der Waals surface area contributed by atoms with Gasteiger partial charge in [0.2, 0.25) is 11.7 Å². The van der Waals surface area contributed by atoms with Crippen LogP contribution in [0.4, 0.5) is 11.8 Å². The van der Waals surface area contributed by atoms with Gasteiger partial charge < -0.3 is 25.3 Å². The van der Waals surface area contributed by atoms with Gasteiger partial charge in [-0.1, -0.05) is 0 Å². The number of hydrogen-bond acceptors (Lipinski definition) is 9. The number of rotatable bonds is 9. The van der Waals surface area contributed by atoms with E-state index in [1.807, 2.05) is 0 Å². The van der Waals surface area contributed by atoms with Gasteiger partial charge in [-0.15, -0.1) is 0 Å². The van der Waals surface area contributed by atoms with Gasteiger partial charge in [-0.25, -0.2) is 4.79 Å². The fourth-order valence-electron chi connectivity index (χ4n) is 2.73. The van der Waals surface area contributed by atoms with Crippen LogP contribution in [0.5, 0.6) is 0 Å². The number of furan rings is 1. The summed E-state index contributed by atoms with van der Waals surface area (Å²) in [4.78, 5) is 33.2. The van der Waals surface area contributed by atoms with Crippen LogP contribution in [0.1, 0.15) is 10.6 Å². The van der Waals surface area contributed by atoms with Crippen molar-refractivity contribution in [1.82, 2.24) is 19.1 Å². The number of nitrogens with two attached hydrogens (primary N) is 1. The van der Waals surface area contributed by atoms with Gasteiger partial charge in [0.25, 0.3) is 0 Å². The molecule has 3 aromatic rings. The van der Waals surface area contributed by atoms with Crippen LogP contribution in [0.3, 0.4) is 0 Å². The smallest absolute Gasteiger partial charge is 0.330 e. The van der Waals surface area contributed by atoms with E-state index in [0.29, 0.717) is 5.52 Å². The molecule has 0 spiro atoms. The first-order valence-electron chi connectivity index (χ1n) is 8.23. The number of nitrogens with one attached hydrogen (secondary N) is 1. The van der Waals surface area contributed by atoms with E-state index in [0.717, 1.165) is 0 Å². The summed E-state index contributed by atoms with van der Waals surface area (Å²) < 4.78 is 12.9. The second kappa shape index (κ2) is 8.01. The number of ketones is 1. The Hall–Kier alpha value is -3.18. The normalized spacial score (nSPS) is 11.2. The summed E-state index contributed by atoms with van der Waals surface area (Å²) in [6.45, 7) is 0.234. The van der Waals surface area contributed by atoms with Crippen LogP contribution in [-0.4, -0.2) is 56.9 Å². The van der Waals surface area contributed by atoms with Crippen LogP contribution in [0, 0.1) is 0 Å². The number of aliphatic hydroxyl groups is 1. The molecule has 0 aromatic carbocycles. The first-order valence-corrected chi connectivity index (χ1v) is 8.23. The molecule has 11 nitrogen and oxygen atoms in total. The Morgan fingerprint density at radius 1 is 1.37 bits per heavy atom. The number of hydrogen-bond donors (Lipinski definition) is 3. The molecule has 0 unspecified atom stereocenters. The third-order valence-corrected chi connectivity index (χ3v) is 3.93. The largest absolute Gasteiger partial charge is 0.461 e. The van der Waals surface area contributed by atoms with Crippen molar-refractivity contribution in [2.75, 3.05) is 37.9 Å². The fourth-order valence-corrected chi connectivity index (χ4v) is 2.73. The number of carbonyl (C=O) groups is 1. The Labute approximate surface area is 153 Å². The highest BCUT2D eigenvalue weighted by Gasteiger charge is 2.20. The molecule has 0 aliphatic heterocycles. The van der Waals surface area contributed by atoms with E-state index in [2.05, 4.69) is 15.3 Å². The topological polar surface area (TPSA) is 150 Å². The van der Waals surface area contributed by atoms with Crippen molar-refractivity contribution in [3.8, 4) is 0 Å². The fraction of sp³-hybridized carbons (Fsp3) is 0.375. The van der Waals surface area contributed by atoms with Crippen LogP contribution < -0.4 is 16.7 Å². The average molecular weight is 376 g/mol. The quantitative estimate of drug-likeness (QED) is 0.428. The maximum Gasteiger partial charge on any atom is 0.330 e. The second-order valence-corrected chi connectivity index (χ2v) is 5.66. The standard InChI is InChI=1S/C16H20N6O5/c1-26-8-5-21-12-13(18-9-10(24)11-3-2-7-27-11)19-15(17)20-14(12)22(4-6-23)16(21)25/h2-3,7,23H,4-6,8-9H2,1H3,(H3,17,18,19,20). The lowest BCUT2D eigenvalue weighted by molar-refractivity contribution is 0.0980. The van der Waals surface area contributed by atoms with Gasteiger partial charge in [0.1, 0.15) is 5.52 Å². The van der Waals surface area contributed by atoms with E-state index >= 15 is 0 Å². The number of ether oxygens (including phenoxy) is 1. The summed E-state index contributed by atoms with van der Waals surface area (Å²) >= 11 is 0. The summed E-state index contributed by atoms with van der Waals surface area (Å²) in [5.74, 6) is 0.0923. The Balaban J connectivity index is 2.04. The number of imidazole rings is 1. The van der Waals surface area contributed by atoms with Gasteiger partial charge in [-0.05, 0) is 12.1 Å². The summed E-state index contributed by atoms with van der Waals surface area (Å²) in [6.07, 6.45) is 1.41. The Bertz CT molecular complexity index is 991. The van der Waals surface area contributed by atoms with Crippen molar-refractivity contribution < 1.29 is 19.1 Å². The molecule has 0 fully saturated rings. The number of fused-ring (bicyclic) bond motifs is 1. The Morgan fingerprint density at radius 2 is 2.19 bits per heavy atom. The minimum Gasteiger partial charge on any atom is -0.461 e. The van der Waals surface area contributed by atoms with Crippen LogP contribution in [0.15, 0.2) is 27.6 Å². The molecule has 3 heterocycles. The monoisotopic (exact) mass is 376 g/mol. The van der Waals surface area contributed by atoms with Gasteiger partial charge in [0.05, 0.1) is 39.1 Å². The van der Waals surface area contributed by atoms with Crippen molar-refractivity contribution in [2.24, 2.45) is 0 Å². The van der Waals surface area contributed by atoms with Crippen LogP contribution in [0.2, 0.25) is 0 Å². The van der Waals surface area contributed by atoms with Crippen molar-refractivity contribution in [1.29, 1.82) is 0 Å². The zero-order chi connectivity index (χ0) is 19.4. The van der Waals surface area contributed by atoms with Gasteiger partial charge in [0, 0.05) is 7.11 Å². The molecule has 0 atom stereocenters. The maximum atomic E-state index is 12.7. The predicted octanol–water partition coefficient (Wildman–Crippen LogP) is -0.298. The first-order chi connectivity index (χ1) is 13.1. The highest BCUT2D eigenvalue weighted by Crippen LogP contribution is 2.21. The molecule has 4 N–H and O–H groups in total. The zero-order valence-electron chi connectivity index (χ0n) is 14.7. The van der Waals surface area contributed by atoms with E-state index in [4.69, 9.17) is 14.9 Å². The number of anilines is 2. The number of nitrogen functional groups attached to an aromatic ring is 1. The van der Waals surface area contributed by atoms with Crippen molar-refractivity contribution >= 4 is 28.7 Å². The third-order valence-electron chi connectivity index (χ3n) is 3.93. The molecular weight excluding hydrogens is 356 g/mol. The minimum atomic E-state index is -0.378. The van der Waals surface area contributed by atoms with Crippen LogP contribution >= 0.6 is 0 Å². The SMILES string of the molecule is COCCn1c(=O)n(CCO)c2nc(N)nc(NCC(=O)c3ccco3)c21. The van der Waals surface area contributed by atoms with Gasteiger partial charge in [-0.3, -0.25) is 13.9 Å². The molecule has 3 rings (SSSR count). The number of nitrogens with zero attached hydrogens (tertiary/aromatic N) is 4. The molecule has 0 saturated heterocycles. The van der Waals surface area contributed by atoms with E-state index in [1.165, 1.54) is 22.5 Å². The lowest BCUT2D eigenvalue weighted by Gasteiger charge is -2.09. The lowest BCUT2D eigenvalue weighted by Crippen LogP contribution is -2.27. The molecule has 0 bridgehead atoms. The van der Waals surface area contributed by atoms with Gasteiger partial charge >= 0.3 is 5.69 Å². The summed E-state index contributed by atoms with van der Waals surface area (Å²) in [5.41, 5.74) is 6.04. The Kier molecular flexibility index (Phi) is 5.52. The van der Waals surface area contributed by atoms with Crippen LogP contribution in [-0.2, 0) is 17.8 Å². The molecule has 144 valence electrons. The summed E-state index contributed by atoms with van der Waals surface area (Å²) in [6, 6.07) is 3.17. The van der Waals surface area contributed by atoms with Gasteiger partial charge in [-0.2, -0.15) is 9.97 Å². The molecule has 27 heavy (non-hydrogen) atoms. The Morgan fingerprint density at radius 3 is 2.85 bits per heavy atom. The minimum absolute atomic E-state index is 0.0521. The van der Waals surface area contributed by atoms with E-state index in [9.17, 15) is 14.7 Å². The summed E-state index contributed by atoms with van der Waals surface area (Å²) in [5, 5.41) is 12.2. The molecule has 0 radical (unpaired) electrons. The molecule has 0 aliphatic rings. The lowest BCUT2D eigenvalue weighted by atomic mass is 10.3. The molecule has 0 amide bonds. The highest BCUT2D eigenvalue weighted by molar-refractivity contribution is 5.97. The first kappa shape index (κ1) is 18.6. The van der Waals surface area contributed by atoms with Crippen LogP contribution in [0.25, 0.3) is 11.2 Å². The number of methoxy groups -OCH3 is 1. The predicted molar refractivity (Wildman–Crippen MR) is 96.7 cm³/mol. The molecule has 0 saturated carbocycles. The molecule has 0 aliphatic carbocycles. The summed E-state index contributed by atoms with van der Waals surface area (Å²) in [7, 11) is 1.52. The second-order valence-electron chi connectivity index (χ2n) is 5.66. The van der Waals surface area contributed by atoms with Crippen molar-refractivity contribution in [3.63, 3.8) is 0 Å². The van der Waals surface area contributed by atoms with Crippen molar-refractivity contribution in [2.45, 2.75) is 13.1 Å². The van der Waals surface area contributed by atoms with Crippen molar-refractivity contribution in [3.05, 3.63) is 34.6 Å². The maximum absolute atomic E-state index is 12.7. The number of aromatic nitrogens is 4.